The van der Waals surface area contributed by atoms with E-state index >= 15 is 0 Å². The van der Waals surface area contributed by atoms with Crippen LogP contribution in [0.4, 0.5) is 4.39 Å². The molecule has 0 fully saturated rings. The molecule has 9 heteroatoms. The van der Waals surface area contributed by atoms with Gasteiger partial charge in [0.2, 0.25) is 11.6 Å². The van der Waals surface area contributed by atoms with Crippen molar-refractivity contribution in [2.45, 2.75) is 6.54 Å². The highest BCUT2D eigenvalue weighted by Crippen LogP contribution is 2.27. The number of hydrogen-bond acceptors (Lipinski definition) is 6. The number of methoxy groups -OCH3 is 2. The molecule has 0 spiro atoms. The Bertz CT molecular complexity index is 765. The van der Waals surface area contributed by atoms with E-state index in [1.807, 2.05) is 0 Å². The quantitative estimate of drug-likeness (QED) is 0.801. The van der Waals surface area contributed by atoms with Gasteiger partial charge in [-0.15, -0.1) is 0 Å². The lowest BCUT2D eigenvalue weighted by Crippen LogP contribution is -2.27. The topological polar surface area (TPSA) is 116 Å². The summed E-state index contributed by atoms with van der Waals surface area (Å²) in [5, 5.41) is 2.59. The first kappa shape index (κ1) is 17.1. The van der Waals surface area contributed by atoms with Gasteiger partial charge in [-0.25, -0.2) is 9.37 Å². The molecular weight excluding hydrogens is 319 g/mol. The fourth-order valence-corrected chi connectivity index (χ4v) is 1.88. The Morgan fingerprint density at radius 1 is 1.17 bits per heavy atom. The predicted molar refractivity (Wildman–Crippen MR) is 81.2 cm³/mol. The molecule has 1 heterocycles. The summed E-state index contributed by atoms with van der Waals surface area (Å²) in [5.41, 5.74) is 5.64. The number of carbonyl (C=O) groups excluding carboxylic acids is 2. The van der Waals surface area contributed by atoms with Gasteiger partial charge in [-0.3, -0.25) is 9.59 Å². The van der Waals surface area contributed by atoms with Gasteiger partial charge in [-0.1, -0.05) is 12.1 Å². The number of nitrogens with one attached hydrogen (secondary N) is 1. The molecule has 24 heavy (non-hydrogen) atoms. The Kier molecular flexibility index (Phi) is 5.25. The molecule has 0 aliphatic rings. The Labute approximate surface area is 136 Å². The molecule has 2 aromatic rings. The van der Waals surface area contributed by atoms with Crippen molar-refractivity contribution < 1.29 is 23.5 Å². The summed E-state index contributed by atoms with van der Waals surface area (Å²) >= 11 is 0. The zero-order valence-electron chi connectivity index (χ0n) is 13.0. The van der Waals surface area contributed by atoms with E-state index in [4.69, 9.17) is 15.2 Å². The molecule has 0 unspecified atom stereocenters. The highest BCUT2D eigenvalue weighted by Gasteiger charge is 2.23. The number of hydrogen-bond donors (Lipinski definition) is 2. The molecule has 0 aliphatic carbocycles. The van der Waals surface area contributed by atoms with Gasteiger partial charge in [0.05, 0.1) is 14.2 Å². The van der Waals surface area contributed by atoms with E-state index < -0.39 is 11.8 Å². The number of halogens is 1. The third-order valence-electron chi connectivity index (χ3n) is 3.03. The van der Waals surface area contributed by atoms with Crippen molar-refractivity contribution in [3.8, 4) is 11.6 Å². The summed E-state index contributed by atoms with van der Waals surface area (Å²) in [6.07, 6.45) is 0. The van der Waals surface area contributed by atoms with Gasteiger partial charge in [-0.05, 0) is 17.7 Å². The van der Waals surface area contributed by atoms with Crippen LogP contribution in [0, 0.1) is 5.82 Å². The molecule has 2 rings (SSSR count). The van der Waals surface area contributed by atoms with Crippen LogP contribution >= 0.6 is 0 Å². The van der Waals surface area contributed by atoms with E-state index in [-0.39, 0.29) is 35.5 Å². The van der Waals surface area contributed by atoms with Crippen LogP contribution in [0.5, 0.6) is 11.6 Å². The first-order valence-corrected chi connectivity index (χ1v) is 6.78. The lowest BCUT2D eigenvalue weighted by Gasteiger charge is -2.12. The van der Waals surface area contributed by atoms with Gasteiger partial charge in [0.25, 0.3) is 17.7 Å². The molecule has 2 amide bonds. The van der Waals surface area contributed by atoms with Gasteiger partial charge >= 0.3 is 0 Å². The average Bonchev–Trinajstić information content (AvgIpc) is 2.59. The standard InChI is InChI=1S/C15H15FN4O4/c1-23-11-10(19-13(12(17)21)20-15(11)24-2)14(22)18-7-8-3-5-9(16)6-4-8/h3-6H,7H2,1-2H3,(H2,17,21)(H,18,22). The molecule has 1 aromatic carbocycles. The Balaban J connectivity index is 2.28. The normalized spacial score (nSPS) is 10.1. The SMILES string of the molecule is COc1nc(C(N)=O)nc(C(=O)NCc2ccc(F)cc2)c1OC. The number of aromatic nitrogens is 2. The highest BCUT2D eigenvalue weighted by molar-refractivity contribution is 5.97. The van der Waals surface area contributed by atoms with E-state index in [1.54, 1.807) is 0 Å². The maximum Gasteiger partial charge on any atom is 0.286 e. The largest absolute Gasteiger partial charge is 0.489 e. The molecule has 0 aliphatic heterocycles. The number of nitrogens with zero attached hydrogens (tertiary/aromatic N) is 2. The average molecular weight is 334 g/mol. The lowest BCUT2D eigenvalue weighted by molar-refractivity contribution is 0.0940. The third kappa shape index (κ3) is 3.75. The lowest BCUT2D eigenvalue weighted by atomic mass is 10.2. The first-order valence-electron chi connectivity index (χ1n) is 6.78. The van der Waals surface area contributed by atoms with Crippen LogP contribution in [0.15, 0.2) is 24.3 Å². The molecule has 126 valence electrons. The van der Waals surface area contributed by atoms with Crippen LogP contribution in [0.3, 0.4) is 0 Å². The van der Waals surface area contributed by atoms with E-state index in [9.17, 15) is 14.0 Å². The van der Waals surface area contributed by atoms with E-state index in [1.165, 1.54) is 38.5 Å². The molecule has 1 aromatic heterocycles. The minimum atomic E-state index is -0.913. The second-order valence-corrected chi connectivity index (χ2v) is 4.61. The van der Waals surface area contributed by atoms with Crippen LogP contribution < -0.4 is 20.5 Å². The summed E-state index contributed by atoms with van der Waals surface area (Å²) in [5.74, 6) is -2.41. The van der Waals surface area contributed by atoms with Crippen LogP contribution in [-0.2, 0) is 6.54 Å². The highest BCUT2D eigenvalue weighted by atomic mass is 19.1. The smallest absolute Gasteiger partial charge is 0.286 e. The Morgan fingerprint density at radius 2 is 1.83 bits per heavy atom. The van der Waals surface area contributed by atoms with Gasteiger partial charge in [0, 0.05) is 6.54 Å². The maximum absolute atomic E-state index is 12.9. The van der Waals surface area contributed by atoms with E-state index in [0.717, 1.165) is 0 Å². The summed E-state index contributed by atoms with van der Waals surface area (Å²) in [7, 11) is 2.61. The Morgan fingerprint density at radius 3 is 2.38 bits per heavy atom. The fourth-order valence-electron chi connectivity index (χ4n) is 1.88. The minimum absolute atomic E-state index is 0.0286. The number of ether oxygens (including phenoxy) is 2. The fraction of sp³-hybridized carbons (Fsp3) is 0.200. The van der Waals surface area contributed by atoms with Crippen molar-refractivity contribution in [3.63, 3.8) is 0 Å². The molecular formula is C15H15FN4O4. The first-order chi connectivity index (χ1) is 11.5. The Hall–Kier alpha value is -3.23. The zero-order chi connectivity index (χ0) is 17.7. The number of carbonyl (C=O) groups is 2. The summed E-state index contributed by atoms with van der Waals surface area (Å²) in [6.45, 7) is 0.125. The second-order valence-electron chi connectivity index (χ2n) is 4.61. The molecule has 0 saturated carbocycles. The number of rotatable bonds is 6. The summed E-state index contributed by atoms with van der Waals surface area (Å²) in [6, 6.07) is 5.62. The van der Waals surface area contributed by atoms with Crippen LogP contribution in [0.2, 0.25) is 0 Å². The zero-order valence-corrected chi connectivity index (χ0v) is 13.0. The van der Waals surface area contributed by atoms with E-state index in [2.05, 4.69) is 15.3 Å². The monoisotopic (exact) mass is 334 g/mol. The van der Waals surface area contributed by atoms with Gasteiger partial charge < -0.3 is 20.5 Å². The van der Waals surface area contributed by atoms with Gasteiger partial charge in [0.1, 0.15) is 5.82 Å². The van der Waals surface area contributed by atoms with Crippen LogP contribution in [0.25, 0.3) is 0 Å². The van der Waals surface area contributed by atoms with Gasteiger partial charge in [0.15, 0.2) is 5.69 Å². The second kappa shape index (κ2) is 7.36. The third-order valence-corrected chi connectivity index (χ3v) is 3.03. The summed E-state index contributed by atoms with van der Waals surface area (Å²) < 4.78 is 22.9. The van der Waals surface area contributed by atoms with Crippen LogP contribution in [0.1, 0.15) is 26.7 Å². The summed E-state index contributed by atoms with van der Waals surface area (Å²) in [4.78, 5) is 31.2. The van der Waals surface area contributed by atoms with Crippen LogP contribution in [-0.4, -0.2) is 36.0 Å². The number of nitrogens with two attached hydrogens (primary N) is 1. The van der Waals surface area contributed by atoms with E-state index in [0.29, 0.717) is 5.56 Å². The maximum atomic E-state index is 12.9. The minimum Gasteiger partial charge on any atom is -0.489 e. The van der Waals surface area contributed by atoms with Crippen molar-refractivity contribution in [3.05, 3.63) is 47.2 Å². The molecule has 3 N–H and O–H groups in total. The molecule has 8 nitrogen and oxygen atoms in total. The molecule has 0 bridgehead atoms. The number of primary amides is 1. The number of benzene rings is 1. The van der Waals surface area contributed by atoms with Crippen molar-refractivity contribution in [2.24, 2.45) is 5.73 Å². The molecule has 0 radical (unpaired) electrons. The van der Waals surface area contributed by atoms with Gasteiger partial charge in [-0.2, -0.15) is 4.98 Å². The van der Waals surface area contributed by atoms with Crippen molar-refractivity contribution in [1.29, 1.82) is 0 Å². The van der Waals surface area contributed by atoms with Crippen molar-refractivity contribution >= 4 is 11.8 Å². The van der Waals surface area contributed by atoms with Crippen molar-refractivity contribution in [2.75, 3.05) is 14.2 Å². The van der Waals surface area contributed by atoms with Crippen molar-refractivity contribution in [1.82, 2.24) is 15.3 Å². The predicted octanol–water partition coefficient (Wildman–Crippen LogP) is 0.662. The molecule has 0 saturated heterocycles. The number of amides is 2. The molecule has 0 atom stereocenters.